The number of halogens is 1. The van der Waals surface area contributed by atoms with Crippen LogP contribution in [0.5, 0.6) is 5.75 Å². The van der Waals surface area contributed by atoms with Crippen molar-refractivity contribution < 1.29 is 9.53 Å². The second-order valence-corrected chi connectivity index (χ2v) is 5.16. The van der Waals surface area contributed by atoms with Crippen LogP contribution in [-0.4, -0.2) is 18.0 Å². The number of nitrogens with zero attached hydrogens (tertiary/aromatic N) is 1. The molecular formula is C15H10ClNO2S. The molecule has 2 aromatic rings. The van der Waals surface area contributed by atoms with Gasteiger partial charge >= 0.3 is 0 Å². The van der Waals surface area contributed by atoms with Crippen LogP contribution >= 0.6 is 23.8 Å². The molecule has 0 fully saturated rings. The zero-order chi connectivity index (χ0) is 14.3. The Morgan fingerprint density at radius 1 is 1.10 bits per heavy atom. The Hall–Kier alpha value is -1.91. The molecule has 0 unspecified atom stereocenters. The summed E-state index contributed by atoms with van der Waals surface area (Å²) < 4.78 is 5.11. The molecule has 0 spiro atoms. The lowest BCUT2D eigenvalue weighted by Crippen LogP contribution is -2.28. The molecule has 1 aliphatic heterocycles. The van der Waals surface area contributed by atoms with E-state index in [1.54, 1.807) is 49.6 Å². The topological polar surface area (TPSA) is 29.5 Å². The number of rotatable bonds is 2. The first-order valence-electron chi connectivity index (χ1n) is 5.94. The van der Waals surface area contributed by atoms with Gasteiger partial charge in [-0.05, 0) is 42.5 Å². The standard InChI is InChI=1S/C15H10ClNO2S/c1-19-11-5-3-10(4-6-11)17-14(18)12-7-2-9(16)8-13(12)15(17)20/h2-8H,1H3. The lowest BCUT2D eigenvalue weighted by atomic mass is 10.1. The summed E-state index contributed by atoms with van der Waals surface area (Å²) in [6.07, 6.45) is 0. The minimum absolute atomic E-state index is 0.133. The average Bonchev–Trinajstić information content (AvgIpc) is 2.71. The highest BCUT2D eigenvalue weighted by molar-refractivity contribution is 7.81. The lowest BCUT2D eigenvalue weighted by molar-refractivity contribution is 0.101. The van der Waals surface area contributed by atoms with Gasteiger partial charge in [0.1, 0.15) is 10.7 Å². The summed E-state index contributed by atoms with van der Waals surface area (Å²) in [5, 5.41) is 0.565. The summed E-state index contributed by atoms with van der Waals surface area (Å²) in [5.41, 5.74) is 2.00. The van der Waals surface area contributed by atoms with Crippen molar-refractivity contribution in [3.8, 4) is 5.75 Å². The number of amides is 1. The third kappa shape index (κ3) is 1.97. The molecule has 0 saturated heterocycles. The van der Waals surface area contributed by atoms with E-state index in [1.807, 2.05) is 0 Å². The zero-order valence-electron chi connectivity index (χ0n) is 10.6. The van der Waals surface area contributed by atoms with Crippen LogP contribution in [0.25, 0.3) is 0 Å². The number of ether oxygens (including phenoxy) is 1. The largest absolute Gasteiger partial charge is 0.497 e. The second-order valence-electron chi connectivity index (χ2n) is 4.33. The van der Waals surface area contributed by atoms with Crippen LogP contribution in [0.4, 0.5) is 5.69 Å². The van der Waals surface area contributed by atoms with Crippen molar-refractivity contribution >= 4 is 40.4 Å². The van der Waals surface area contributed by atoms with E-state index in [-0.39, 0.29) is 5.91 Å². The lowest BCUT2D eigenvalue weighted by Gasteiger charge is -2.16. The molecule has 2 aromatic carbocycles. The van der Waals surface area contributed by atoms with Gasteiger partial charge in [-0.15, -0.1) is 0 Å². The molecule has 3 nitrogen and oxygen atoms in total. The van der Waals surface area contributed by atoms with E-state index in [0.29, 0.717) is 26.8 Å². The molecule has 1 heterocycles. The minimum atomic E-state index is -0.133. The maximum Gasteiger partial charge on any atom is 0.264 e. The van der Waals surface area contributed by atoms with Crippen molar-refractivity contribution in [1.29, 1.82) is 0 Å². The molecule has 0 saturated carbocycles. The third-order valence-electron chi connectivity index (χ3n) is 3.18. The van der Waals surface area contributed by atoms with Crippen LogP contribution in [0, 0.1) is 0 Å². The fraction of sp³-hybridized carbons (Fsp3) is 0.0667. The van der Waals surface area contributed by atoms with Crippen LogP contribution in [-0.2, 0) is 0 Å². The van der Waals surface area contributed by atoms with E-state index in [1.165, 1.54) is 4.90 Å². The summed E-state index contributed by atoms with van der Waals surface area (Å²) in [5.74, 6) is 0.596. The summed E-state index contributed by atoms with van der Waals surface area (Å²) >= 11 is 11.4. The molecular weight excluding hydrogens is 294 g/mol. The SMILES string of the molecule is COc1ccc(N2C(=O)c3ccc(Cl)cc3C2=S)cc1. The highest BCUT2D eigenvalue weighted by Crippen LogP contribution is 2.31. The van der Waals surface area contributed by atoms with Crippen LogP contribution in [0.3, 0.4) is 0 Å². The van der Waals surface area contributed by atoms with Gasteiger partial charge in [0, 0.05) is 10.6 Å². The number of thiocarbonyl (C=S) groups is 1. The molecule has 1 aliphatic rings. The number of carbonyl (C=O) groups is 1. The molecule has 3 rings (SSSR count). The molecule has 0 radical (unpaired) electrons. The van der Waals surface area contributed by atoms with Gasteiger partial charge in [-0.25, -0.2) is 0 Å². The maximum atomic E-state index is 12.4. The van der Waals surface area contributed by atoms with Gasteiger partial charge < -0.3 is 4.74 Å². The van der Waals surface area contributed by atoms with Crippen LogP contribution in [0.1, 0.15) is 15.9 Å². The van der Waals surface area contributed by atoms with Crippen molar-refractivity contribution in [2.24, 2.45) is 0 Å². The second kappa shape index (κ2) is 4.89. The number of anilines is 1. The molecule has 0 N–H and O–H groups in total. The number of fused-ring (bicyclic) bond motifs is 1. The van der Waals surface area contributed by atoms with Gasteiger partial charge in [-0.1, -0.05) is 23.8 Å². The van der Waals surface area contributed by atoms with Gasteiger partial charge in [-0.3, -0.25) is 9.69 Å². The fourth-order valence-electron chi connectivity index (χ4n) is 2.18. The van der Waals surface area contributed by atoms with Crippen molar-refractivity contribution in [2.45, 2.75) is 0 Å². The molecule has 0 atom stereocenters. The third-order valence-corrected chi connectivity index (χ3v) is 3.82. The molecule has 0 bridgehead atoms. The van der Waals surface area contributed by atoms with Gasteiger partial charge in [-0.2, -0.15) is 0 Å². The number of carbonyl (C=O) groups excluding carboxylic acids is 1. The van der Waals surface area contributed by atoms with Crippen molar-refractivity contribution in [2.75, 3.05) is 12.0 Å². The average molecular weight is 304 g/mol. The quantitative estimate of drug-likeness (QED) is 0.793. The molecule has 5 heteroatoms. The first-order chi connectivity index (χ1) is 9.61. The van der Waals surface area contributed by atoms with Crippen LogP contribution in [0.15, 0.2) is 42.5 Å². The Labute approximate surface area is 126 Å². The van der Waals surface area contributed by atoms with Crippen molar-refractivity contribution in [1.82, 2.24) is 0 Å². The van der Waals surface area contributed by atoms with Crippen LogP contribution in [0.2, 0.25) is 5.02 Å². The number of hydrogen-bond donors (Lipinski definition) is 0. The van der Waals surface area contributed by atoms with Crippen molar-refractivity contribution in [3.63, 3.8) is 0 Å². The zero-order valence-corrected chi connectivity index (χ0v) is 12.2. The predicted octanol–water partition coefficient (Wildman–Crippen LogP) is 3.68. The molecule has 20 heavy (non-hydrogen) atoms. The number of benzene rings is 2. The maximum absolute atomic E-state index is 12.4. The smallest absolute Gasteiger partial charge is 0.264 e. The Kier molecular flexibility index (Phi) is 3.20. The Morgan fingerprint density at radius 3 is 2.45 bits per heavy atom. The normalized spacial score (nSPS) is 13.6. The predicted molar refractivity (Wildman–Crippen MR) is 83.0 cm³/mol. The van der Waals surface area contributed by atoms with Gasteiger partial charge in [0.2, 0.25) is 0 Å². The summed E-state index contributed by atoms with van der Waals surface area (Å²) in [4.78, 5) is 14.4. The van der Waals surface area contributed by atoms with Gasteiger partial charge in [0.15, 0.2) is 0 Å². The molecule has 0 aromatic heterocycles. The molecule has 100 valence electrons. The Bertz CT molecular complexity index is 712. The Morgan fingerprint density at radius 2 is 1.80 bits per heavy atom. The molecule has 1 amide bonds. The van der Waals surface area contributed by atoms with Crippen LogP contribution < -0.4 is 9.64 Å². The summed E-state index contributed by atoms with van der Waals surface area (Å²) in [6, 6.07) is 12.3. The summed E-state index contributed by atoms with van der Waals surface area (Å²) in [7, 11) is 1.60. The fourth-order valence-corrected chi connectivity index (χ4v) is 2.71. The monoisotopic (exact) mass is 303 g/mol. The highest BCUT2D eigenvalue weighted by Gasteiger charge is 2.33. The first-order valence-corrected chi connectivity index (χ1v) is 6.73. The number of methoxy groups -OCH3 is 1. The van der Waals surface area contributed by atoms with E-state index in [4.69, 9.17) is 28.6 Å². The van der Waals surface area contributed by atoms with Crippen molar-refractivity contribution in [3.05, 3.63) is 58.6 Å². The Balaban J connectivity index is 2.04. The minimum Gasteiger partial charge on any atom is -0.497 e. The first kappa shape index (κ1) is 13.1. The van der Waals surface area contributed by atoms with E-state index in [0.717, 1.165) is 5.75 Å². The van der Waals surface area contributed by atoms with E-state index in [2.05, 4.69) is 0 Å². The van der Waals surface area contributed by atoms with E-state index < -0.39 is 0 Å². The summed E-state index contributed by atoms with van der Waals surface area (Å²) in [6.45, 7) is 0. The van der Waals surface area contributed by atoms with E-state index >= 15 is 0 Å². The van der Waals surface area contributed by atoms with E-state index in [9.17, 15) is 4.79 Å². The van der Waals surface area contributed by atoms with Gasteiger partial charge in [0.05, 0.1) is 18.4 Å². The van der Waals surface area contributed by atoms with Gasteiger partial charge in [0.25, 0.3) is 5.91 Å². The number of hydrogen-bond acceptors (Lipinski definition) is 3. The molecule has 0 aliphatic carbocycles. The highest BCUT2D eigenvalue weighted by atomic mass is 35.5.